The van der Waals surface area contributed by atoms with E-state index in [4.69, 9.17) is 13.9 Å². The number of carbonyl (C=O) groups excluding carboxylic acids is 1. The van der Waals surface area contributed by atoms with Gasteiger partial charge in [0.2, 0.25) is 0 Å². The summed E-state index contributed by atoms with van der Waals surface area (Å²) < 4.78 is 15.8. The van der Waals surface area contributed by atoms with Crippen LogP contribution in [0, 0.1) is 0 Å². The monoisotopic (exact) mass is 338 g/mol. The predicted molar refractivity (Wildman–Crippen MR) is 92.3 cm³/mol. The lowest BCUT2D eigenvalue weighted by Gasteiger charge is -2.08. The highest BCUT2D eigenvalue weighted by Gasteiger charge is 2.05. The molecular weight excluding hydrogens is 320 g/mol. The van der Waals surface area contributed by atoms with E-state index >= 15 is 0 Å². The molecule has 0 aliphatic rings. The van der Waals surface area contributed by atoms with Crippen molar-refractivity contribution in [2.24, 2.45) is 0 Å². The van der Waals surface area contributed by atoms with Gasteiger partial charge >= 0.3 is 0 Å². The molecule has 1 aromatic carbocycles. The number of ether oxygens (including phenoxy) is 2. The molecule has 0 saturated heterocycles. The summed E-state index contributed by atoms with van der Waals surface area (Å²) in [7, 11) is 1.58. The summed E-state index contributed by atoms with van der Waals surface area (Å²) >= 11 is 0. The van der Waals surface area contributed by atoms with Gasteiger partial charge in [-0.25, -0.2) is 0 Å². The highest BCUT2D eigenvalue weighted by molar-refractivity contribution is 5.77. The minimum Gasteiger partial charge on any atom is -0.497 e. The Hall–Kier alpha value is -3.28. The van der Waals surface area contributed by atoms with Crippen LogP contribution >= 0.6 is 0 Å². The van der Waals surface area contributed by atoms with Crippen LogP contribution in [0.3, 0.4) is 0 Å². The van der Waals surface area contributed by atoms with Crippen molar-refractivity contribution in [2.45, 2.75) is 6.54 Å². The summed E-state index contributed by atoms with van der Waals surface area (Å²) in [5.74, 6) is 1.76. The number of methoxy groups -OCH3 is 1. The van der Waals surface area contributed by atoms with E-state index in [0.29, 0.717) is 23.8 Å². The second-order valence-corrected chi connectivity index (χ2v) is 5.27. The molecule has 0 aliphatic heterocycles. The largest absolute Gasteiger partial charge is 0.497 e. The van der Waals surface area contributed by atoms with Crippen molar-refractivity contribution < 1.29 is 18.7 Å². The molecule has 2 aromatic heterocycles. The van der Waals surface area contributed by atoms with Crippen molar-refractivity contribution >= 4 is 5.91 Å². The maximum Gasteiger partial charge on any atom is 0.258 e. The molecule has 0 fully saturated rings. The van der Waals surface area contributed by atoms with Crippen molar-refractivity contribution in [3.63, 3.8) is 0 Å². The first kappa shape index (κ1) is 16.6. The Balaban J connectivity index is 1.47. The first-order chi connectivity index (χ1) is 12.2. The zero-order valence-electron chi connectivity index (χ0n) is 13.8. The number of nitrogens with one attached hydrogen (secondary N) is 1. The van der Waals surface area contributed by atoms with Crippen molar-refractivity contribution in [2.75, 3.05) is 13.7 Å². The lowest BCUT2D eigenvalue weighted by molar-refractivity contribution is -0.123. The Kier molecular flexibility index (Phi) is 5.31. The van der Waals surface area contributed by atoms with Crippen LogP contribution in [0.1, 0.15) is 5.56 Å². The fourth-order valence-electron chi connectivity index (χ4n) is 2.19. The Morgan fingerprint density at radius 1 is 1.16 bits per heavy atom. The average Bonchev–Trinajstić information content (AvgIpc) is 3.20. The highest BCUT2D eigenvalue weighted by atomic mass is 16.5. The zero-order chi connectivity index (χ0) is 17.5. The summed E-state index contributed by atoms with van der Waals surface area (Å²) in [5, 5.41) is 2.79. The Morgan fingerprint density at radius 2 is 2.04 bits per heavy atom. The predicted octanol–water partition coefficient (Wildman–Crippen LogP) is 3.05. The third kappa shape index (κ3) is 4.60. The van der Waals surface area contributed by atoms with E-state index in [2.05, 4.69) is 10.3 Å². The van der Waals surface area contributed by atoms with E-state index in [9.17, 15) is 4.79 Å². The standard InChI is InChI=1S/C19H18N2O4/c1-23-15-4-2-5-16(10-15)25-13-19(22)21-12-14-7-8-17(20-11-14)18-6-3-9-24-18/h2-11H,12-13H2,1H3,(H,21,22). The molecular formula is C19H18N2O4. The van der Waals surface area contributed by atoms with E-state index in [1.807, 2.05) is 30.3 Å². The van der Waals surface area contributed by atoms with Crippen LogP contribution in [0.2, 0.25) is 0 Å². The molecule has 0 bridgehead atoms. The second-order valence-electron chi connectivity index (χ2n) is 5.27. The quantitative estimate of drug-likeness (QED) is 0.717. The maximum absolute atomic E-state index is 11.9. The van der Waals surface area contributed by atoms with Crippen LogP contribution < -0.4 is 14.8 Å². The Labute approximate surface area is 145 Å². The van der Waals surface area contributed by atoms with Gasteiger partial charge in [-0.05, 0) is 35.9 Å². The van der Waals surface area contributed by atoms with Crippen molar-refractivity contribution in [1.82, 2.24) is 10.3 Å². The Morgan fingerprint density at radius 3 is 2.76 bits per heavy atom. The van der Waals surface area contributed by atoms with Gasteiger partial charge in [0, 0.05) is 18.8 Å². The minimum absolute atomic E-state index is 0.0644. The minimum atomic E-state index is -0.210. The molecule has 0 spiro atoms. The maximum atomic E-state index is 11.9. The summed E-state index contributed by atoms with van der Waals surface area (Å²) in [6, 6.07) is 14.5. The van der Waals surface area contributed by atoms with Gasteiger partial charge in [0.05, 0.1) is 13.4 Å². The van der Waals surface area contributed by atoms with Gasteiger partial charge in [0.1, 0.15) is 17.2 Å². The molecule has 128 valence electrons. The van der Waals surface area contributed by atoms with E-state index in [1.54, 1.807) is 37.8 Å². The lowest BCUT2D eigenvalue weighted by Crippen LogP contribution is -2.28. The normalized spacial score (nSPS) is 10.3. The second kappa shape index (κ2) is 8.01. The summed E-state index contributed by atoms with van der Waals surface area (Å²) in [5.41, 5.74) is 1.64. The number of rotatable bonds is 7. The molecule has 2 heterocycles. The fourth-order valence-corrected chi connectivity index (χ4v) is 2.19. The number of nitrogens with zero attached hydrogens (tertiary/aromatic N) is 1. The third-order valence-electron chi connectivity index (χ3n) is 3.50. The lowest BCUT2D eigenvalue weighted by atomic mass is 10.2. The van der Waals surface area contributed by atoms with Crippen LogP contribution in [0.25, 0.3) is 11.5 Å². The summed E-state index contributed by atoms with van der Waals surface area (Å²) in [4.78, 5) is 16.2. The number of carbonyl (C=O) groups is 1. The third-order valence-corrected chi connectivity index (χ3v) is 3.50. The number of hydrogen-bond acceptors (Lipinski definition) is 5. The van der Waals surface area contributed by atoms with Gasteiger partial charge in [0.25, 0.3) is 5.91 Å². The fraction of sp³-hybridized carbons (Fsp3) is 0.158. The number of hydrogen-bond donors (Lipinski definition) is 1. The molecule has 6 heteroatoms. The van der Waals surface area contributed by atoms with E-state index < -0.39 is 0 Å². The van der Waals surface area contributed by atoms with Gasteiger partial charge in [-0.3, -0.25) is 9.78 Å². The van der Waals surface area contributed by atoms with Crippen LogP contribution in [-0.2, 0) is 11.3 Å². The van der Waals surface area contributed by atoms with Gasteiger partial charge in [-0.15, -0.1) is 0 Å². The van der Waals surface area contributed by atoms with Gasteiger partial charge in [-0.2, -0.15) is 0 Å². The smallest absolute Gasteiger partial charge is 0.258 e. The van der Waals surface area contributed by atoms with E-state index in [1.165, 1.54) is 0 Å². The zero-order valence-corrected chi connectivity index (χ0v) is 13.8. The van der Waals surface area contributed by atoms with E-state index in [0.717, 1.165) is 11.3 Å². The van der Waals surface area contributed by atoms with Gasteiger partial charge < -0.3 is 19.2 Å². The molecule has 6 nitrogen and oxygen atoms in total. The first-order valence-corrected chi connectivity index (χ1v) is 7.77. The van der Waals surface area contributed by atoms with Gasteiger partial charge in [-0.1, -0.05) is 12.1 Å². The number of furan rings is 1. The molecule has 3 rings (SSSR count). The molecule has 0 saturated carbocycles. The summed E-state index contributed by atoms with van der Waals surface area (Å²) in [6.45, 7) is 0.316. The van der Waals surface area contributed by atoms with Crippen molar-refractivity contribution in [3.05, 3.63) is 66.6 Å². The molecule has 3 aromatic rings. The highest BCUT2D eigenvalue weighted by Crippen LogP contribution is 2.19. The van der Waals surface area contributed by atoms with Crippen LogP contribution in [0.4, 0.5) is 0 Å². The van der Waals surface area contributed by atoms with Crippen LogP contribution in [0.5, 0.6) is 11.5 Å². The molecule has 0 aliphatic carbocycles. The molecule has 0 radical (unpaired) electrons. The first-order valence-electron chi connectivity index (χ1n) is 7.77. The summed E-state index contributed by atoms with van der Waals surface area (Å²) in [6.07, 6.45) is 3.31. The molecule has 0 atom stereocenters. The van der Waals surface area contributed by atoms with Crippen LogP contribution in [-0.4, -0.2) is 24.6 Å². The molecule has 25 heavy (non-hydrogen) atoms. The van der Waals surface area contributed by atoms with Crippen molar-refractivity contribution in [1.29, 1.82) is 0 Å². The topological polar surface area (TPSA) is 73.6 Å². The Bertz CT molecular complexity index is 814. The van der Waals surface area contributed by atoms with Crippen molar-refractivity contribution in [3.8, 4) is 23.0 Å². The van der Waals surface area contributed by atoms with E-state index in [-0.39, 0.29) is 12.5 Å². The number of benzene rings is 1. The SMILES string of the molecule is COc1cccc(OCC(=O)NCc2ccc(-c3ccco3)nc2)c1. The number of pyridine rings is 1. The van der Waals surface area contributed by atoms with Gasteiger partial charge in [0.15, 0.2) is 12.4 Å². The van der Waals surface area contributed by atoms with Crippen LogP contribution in [0.15, 0.2) is 65.4 Å². The average molecular weight is 338 g/mol. The number of amides is 1. The number of aromatic nitrogens is 1. The molecule has 1 amide bonds. The molecule has 1 N–H and O–H groups in total. The molecule has 0 unspecified atom stereocenters.